The van der Waals surface area contributed by atoms with Crippen LogP contribution in [-0.2, 0) is 0 Å². The van der Waals surface area contributed by atoms with Crippen molar-refractivity contribution in [1.82, 2.24) is 14.9 Å². The number of aromatic nitrogens is 3. The van der Waals surface area contributed by atoms with E-state index in [1.165, 1.54) is 11.2 Å². The topological polar surface area (TPSA) is 63.1 Å². The van der Waals surface area contributed by atoms with Gasteiger partial charge in [0.05, 0.1) is 6.20 Å². The predicted molar refractivity (Wildman–Crippen MR) is 76.1 cm³/mol. The van der Waals surface area contributed by atoms with E-state index < -0.39 is 0 Å². The lowest BCUT2D eigenvalue weighted by atomic mass is 10.2. The first-order valence-electron chi connectivity index (χ1n) is 6.74. The minimum Gasteiger partial charge on any atom is -0.356 e. The number of carbonyl (C=O) groups is 1. The largest absolute Gasteiger partial charge is 0.356 e. The average Bonchev–Trinajstić information content (AvgIpc) is 3.10. The minimum absolute atomic E-state index is 0.190. The number of amides is 1. The molecule has 2 aromatic heterocycles. The molecule has 2 aromatic rings. The van der Waals surface area contributed by atoms with Crippen LogP contribution in [0.3, 0.4) is 0 Å². The van der Waals surface area contributed by atoms with Crippen LogP contribution in [0.4, 0.5) is 5.82 Å². The standard InChI is InChI=1S/C14H17N5O/c1-11-4-8-18(10-11)13-9-12(3-6-15-13)14(20)17-19-7-2-5-16-19/h2-3,5-7,9,11H,4,8,10H2,1H3,(H,17,20). The SMILES string of the molecule is CC1CCN(c2cc(C(=O)Nn3cccn3)ccn2)C1. The molecule has 20 heavy (non-hydrogen) atoms. The Morgan fingerprint density at radius 1 is 1.45 bits per heavy atom. The van der Waals surface area contributed by atoms with E-state index in [4.69, 9.17) is 0 Å². The Morgan fingerprint density at radius 2 is 2.35 bits per heavy atom. The third-order valence-corrected chi connectivity index (χ3v) is 3.48. The van der Waals surface area contributed by atoms with Gasteiger partial charge in [0, 0.05) is 31.0 Å². The van der Waals surface area contributed by atoms with E-state index in [0.29, 0.717) is 11.5 Å². The van der Waals surface area contributed by atoms with Crippen LogP contribution < -0.4 is 10.3 Å². The Kier molecular flexibility index (Phi) is 3.37. The fourth-order valence-electron chi connectivity index (χ4n) is 2.38. The van der Waals surface area contributed by atoms with E-state index in [1.54, 1.807) is 30.7 Å². The molecule has 3 rings (SSSR count). The first-order valence-corrected chi connectivity index (χ1v) is 6.74. The molecule has 0 bridgehead atoms. The van der Waals surface area contributed by atoms with Gasteiger partial charge in [-0.05, 0) is 30.5 Å². The number of carbonyl (C=O) groups excluding carboxylic acids is 1. The van der Waals surface area contributed by atoms with Gasteiger partial charge in [-0.15, -0.1) is 0 Å². The first-order chi connectivity index (χ1) is 9.72. The summed E-state index contributed by atoms with van der Waals surface area (Å²) in [6, 6.07) is 5.29. The maximum atomic E-state index is 12.1. The molecule has 1 fully saturated rings. The van der Waals surface area contributed by atoms with Crippen molar-refractivity contribution in [1.29, 1.82) is 0 Å². The Bertz CT molecular complexity index is 595. The van der Waals surface area contributed by atoms with Crippen molar-refractivity contribution >= 4 is 11.7 Å². The number of nitrogens with one attached hydrogen (secondary N) is 1. The van der Waals surface area contributed by atoms with Gasteiger partial charge in [-0.3, -0.25) is 4.79 Å². The van der Waals surface area contributed by atoms with Crippen LogP contribution >= 0.6 is 0 Å². The molecule has 1 unspecified atom stereocenters. The van der Waals surface area contributed by atoms with Crippen molar-refractivity contribution in [3.05, 3.63) is 42.4 Å². The summed E-state index contributed by atoms with van der Waals surface area (Å²) in [5.74, 6) is 1.35. The van der Waals surface area contributed by atoms with E-state index in [2.05, 4.69) is 27.3 Å². The fourth-order valence-corrected chi connectivity index (χ4v) is 2.38. The lowest BCUT2D eigenvalue weighted by Crippen LogP contribution is -2.24. The van der Waals surface area contributed by atoms with Gasteiger partial charge in [0.15, 0.2) is 0 Å². The van der Waals surface area contributed by atoms with Crippen molar-refractivity contribution < 1.29 is 4.79 Å². The molecular formula is C14H17N5O. The van der Waals surface area contributed by atoms with E-state index in [0.717, 1.165) is 18.9 Å². The van der Waals surface area contributed by atoms with Crippen LogP contribution in [-0.4, -0.2) is 33.9 Å². The van der Waals surface area contributed by atoms with Gasteiger partial charge in [-0.2, -0.15) is 9.89 Å². The van der Waals surface area contributed by atoms with Crippen molar-refractivity contribution in [2.75, 3.05) is 23.4 Å². The van der Waals surface area contributed by atoms with Crippen molar-refractivity contribution in [2.24, 2.45) is 5.92 Å². The number of hydrogen-bond donors (Lipinski definition) is 1. The second-order valence-electron chi connectivity index (χ2n) is 5.13. The first kappa shape index (κ1) is 12.7. The summed E-state index contributed by atoms with van der Waals surface area (Å²) in [5, 5.41) is 3.95. The Labute approximate surface area is 117 Å². The van der Waals surface area contributed by atoms with E-state index in [-0.39, 0.29) is 5.91 Å². The van der Waals surface area contributed by atoms with Crippen LogP contribution in [0.2, 0.25) is 0 Å². The maximum Gasteiger partial charge on any atom is 0.271 e. The quantitative estimate of drug-likeness (QED) is 0.919. The van der Waals surface area contributed by atoms with Crippen LogP contribution in [0.15, 0.2) is 36.8 Å². The zero-order valence-corrected chi connectivity index (χ0v) is 11.4. The molecule has 1 saturated heterocycles. The molecule has 0 spiro atoms. The zero-order chi connectivity index (χ0) is 13.9. The number of nitrogens with zero attached hydrogens (tertiary/aromatic N) is 4. The average molecular weight is 271 g/mol. The minimum atomic E-state index is -0.190. The van der Waals surface area contributed by atoms with Gasteiger partial charge >= 0.3 is 0 Å². The third-order valence-electron chi connectivity index (χ3n) is 3.48. The molecule has 0 aliphatic carbocycles. The van der Waals surface area contributed by atoms with Crippen LogP contribution in [0.25, 0.3) is 0 Å². The monoisotopic (exact) mass is 271 g/mol. The van der Waals surface area contributed by atoms with Crippen molar-refractivity contribution in [3.8, 4) is 0 Å². The molecule has 0 aromatic carbocycles. The Balaban J connectivity index is 1.75. The van der Waals surface area contributed by atoms with Gasteiger partial charge in [-0.1, -0.05) is 6.92 Å². The summed E-state index contributed by atoms with van der Waals surface area (Å²) >= 11 is 0. The number of rotatable bonds is 3. The molecule has 6 nitrogen and oxygen atoms in total. The molecule has 0 saturated carbocycles. The lowest BCUT2D eigenvalue weighted by molar-refractivity contribution is 0.100. The highest BCUT2D eigenvalue weighted by molar-refractivity contribution is 6.00. The smallest absolute Gasteiger partial charge is 0.271 e. The van der Waals surface area contributed by atoms with Crippen LogP contribution in [0, 0.1) is 5.92 Å². The summed E-state index contributed by atoms with van der Waals surface area (Å²) in [5.41, 5.74) is 3.27. The highest BCUT2D eigenvalue weighted by Crippen LogP contribution is 2.22. The molecule has 3 heterocycles. The highest BCUT2D eigenvalue weighted by atomic mass is 16.2. The summed E-state index contributed by atoms with van der Waals surface area (Å²) < 4.78 is 0. The summed E-state index contributed by atoms with van der Waals surface area (Å²) in [6.45, 7) is 4.23. The van der Waals surface area contributed by atoms with E-state index >= 15 is 0 Å². The van der Waals surface area contributed by atoms with Gasteiger partial charge in [0.2, 0.25) is 0 Å². The normalized spacial score (nSPS) is 18.2. The fraction of sp³-hybridized carbons (Fsp3) is 0.357. The molecule has 1 aliphatic rings. The summed E-state index contributed by atoms with van der Waals surface area (Å²) in [6.07, 6.45) is 6.15. The molecule has 0 radical (unpaired) electrons. The molecular weight excluding hydrogens is 254 g/mol. The molecule has 104 valence electrons. The number of pyridine rings is 1. The van der Waals surface area contributed by atoms with Crippen LogP contribution in [0.5, 0.6) is 0 Å². The number of anilines is 1. The number of hydrogen-bond acceptors (Lipinski definition) is 4. The van der Waals surface area contributed by atoms with Crippen molar-refractivity contribution in [3.63, 3.8) is 0 Å². The zero-order valence-electron chi connectivity index (χ0n) is 11.4. The molecule has 1 aliphatic heterocycles. The summed E-state index contributed by atoms with van der Waals surface area (Å²) in [7, 11) is 0. The van der Waals surface area contributed by atoms with Gasteiger partial charge < -0.3 is 4.90 Å². The molecule has 1 amide bonds. The molecule has 1 atom stereocenters. The molecule has 6 heteroatoms. The Hall–Kier alpha value is -2.37. The lowest BCUT2D eigenvalue weighted by Gasteiger charge is -2.17. The second-order valence-corrected chi connectivity index (χ2v) is 5.13. The Morgan fingerprint density at radius 3 is 3.05 bits per heavy atom. The van der Waals surface area contributed by atoms with Gasteiger partial charge in [-0.25, -0.2) is 10.4 Å². The second kappa shape index (κ2) is 5.32. The van der Waals surface area contributed by atoms with E-state index in [1.807, 2.05) is 6.07 Å². The maximum absolute atomic E-state index is 12.1. The highest BCUT2D eigenvalue weighted by Gasteiger charge is 2.20. The molecule has 1 N–H and O–H groups in total. The third kappa shape index (κ3) is 2.64. The summed E-state index contributed by atoms with van der Waals surface area (Å²) in [4.78, 5) is 20.1. The van der Waals surface area contributed by atoms with Crippen LogP contribution in [0.1, 0.15) is 23.7 Å². The predicted octanol–water partition coefficient (Wildman–Crippen LogP) is 1.51. The van der Waals surface area contributed by atoms with Gasteiger partial charge in [0.25, 0.3) is 5.91 Å². The van der Waals surface area contributed by atoms with E-state index in [9.17, 15) is 4.79 Å². The van der Waals surface area contributed by atoms with Gasteiger partial charge in [0.1, 0.15) is 5.82 Å². The van der Waals surface area contributed by atoms with Crippen molar-refractivity contribution in [2.45, 2.75) is 13.3 Å².